The number of esters is 3. The summed E-state index contributed by atoms with van der Waals surface area (Å²) in [7, 11) is 0. The lowest BCUT2D eigenvalue weighted by Crippen LogP contribution is -2.30. The molecule has 0 saturated carbocycles. The third-order valence-corrected chi connectivity index (χ3v) is 13.6. The van der Waals surface area contributed by atoms with Crippen LogP contribution in [0, 0.1) is 0 Å². The number of allylic oxidation sites excluding steroid dienone is 24. The number of unbranched alkanes of at least 4 members (excludes halogenated alkanes) is 23. The van der Waals surface area contributed by atoms with Crippen molar-refractivity contribution in [1.82, 2.24) is 0 Å². The van der Waals surface area contributed by atoms with Gasteiger partial charge in [-0.3, -0.25) is 14.4 Å². The topological polar surface area (TPSA) is 78.9 Å². The molecule has 0 aliphatic rings. The Kier molecular flexibility index (Phi) is 62.9. The number of hydrogen-bond donors (Lipinski definition) is 0. The van der Waals surface area contributed by atoms with Crippen LogP contribution < -0.4 is 0 Å². The van der Waals surface area contributed by atoms with Crippen LogP contribution in [0.4, 0.5) is 0 Å². The SMILES string of the molecule is CC/C=C\C/C=C\C/C=C\C/C=C\C/C=C\C/C=C\C/C=C\C/C=C\C/C=C\C/C=C\CCCCCCC(=O)OCC(COC(=O)CCCCCCCCCCCCC)OC(=O)CCCCCCC/C=C\C/C=C\CCCCCC. The summed E-state index contributed by atoms with van der Waals surface area (Å²) in [5.41, 5.74) is 0. The first-order chi connectivity index (χ1) is 39.5. The summed E-state index contributed by atoms with van der Waals surface area (Å²) >= 11 is 0. The highest BCUT2D eigenvalue weighted by molar-refractivity contribution is 5.71. The van der Waals surface area contributed by atoms with Crippen molar-refractivity contribution < 1.29 is 28.6 Å². The van der Waals surface area contributed by atoms with Crippen molar-refractivity contribution in [3.05, 3.63) is 146 Å². The standard InChI is InChI=1S/C74H120O6/c1-4-7-10-13-16-19-22-24-26-28-29-30-31-32-33-34-35-36-37-38-39-40-41-42-43-44-45-46-48-49-52-55-58-61-64-67-73(76)79-70-71(69-78-72(75)66-63-60-57-54-51-21-18-15-12-9-6-3)80-74(77)68-65-62-59-56-53-50-47-27-25-23-20-17-14-11-8-5-2/h7,10,16,19-20,23-24,26-27,29-30,32-33,35-36,38-39,41-42,44-45,47-49,71H,4-6,8-9,11-15,17-18,21-22,25,28,31,34,37,40,43,46,50-70H2,1-3H3/b10-7-,19-16-,23-20-,26-24-,30-29-,33-32-,36-35-,39-38-,42-41-,45-44-,47-27-,49-48-. The highest BCUT2D eigenvalue weighted by Crippen LogP contribution is 2.15. The predicted octanol–water partition coefficient (Wildman–Crippen LogP) is 22.7. The molecule has 1 unspecified atom stereocenters. The maximum Gasteiger partial charge on any atom is 0.306 e. The first-order valence-corrected chi connectivity index (χ1v) is 32.8. The molecule has 0 aliphatic carbocycles. The van der Waals surface area contributed by atoms with E-state index in [0.29, 0.717) is 19.3 Å². The minimum Gasteiger partial charge on any atom is -0.462 e. The highest BCUT2D eigenvalue weighted by Gasteiger charge is 2.19. The van der Waals surface area contributed by atoms with Gasteiger partial charge in [0.05, 0.1) is 0 Å². The molecule has 6 heteroatoms. The molecule has 0 aromatic carbocycles. The van der Waals surface area contributed by atoms with Gasteiger partial charge in [-0.15, -0.1) is 0 Å². The molecule has 0 spiro atoms. The maximum absolute atomic E-state index is 12.9. The Morgan fingerprint density at radius 3 is 0.775 bits per heavy atom. The van der Waals surface area contributed by atoms with Gasteiger partial charge in [0.1, 0.15) is 13.2 Å². The van der Waals surface area contributed by atoms with Gasteiger partial charge in [0.15, 0.2) is 6.10 Å². The third kappa shape index (κ3) is 64.1. The Morgan fingerprint density at radius 1 is 0.263 bits per heavy atom. The lowest BCUT2D eigenvalue weighted by Gasteiger charge is -2.18. The quantitative estimate of drug-likeness (QED) is 0.0261. The predicted molar refractivity (Wildman–Crippen MR) is 348 cm³/mol. The van der Waals surface area contributed by atoms with Crippen molar-refractivity contribution in [2.24, 2.45) is 0 Å². The average molecular weight is 1110 g/mol. The van der Waals surface area contributed by atoms with Crippen LogP contribution >= 0.6 is 0 Å². The van der Waals surface area contributed by atoms with E-state index in [4.69, 9.17) is 14.2 Å². The van der Waals surface area contributed by atoms with Crippen LogP contribution in [0.5, 0.6) is 0 Å². The molecule has 80 heavy (non-hydrogen) atoms. The maximum atomic E-state index is 12.9. The molecule has 0 radical (unpaired) electrons. The first-order valence-electron chi connectivity index (χ1n) is 32.8. The molecule has 0 aromatic rings. The van der Waals surface area contributed by atoms with Gasteiger partial charge in [0.25, 0.3) is 0 Å². The highest BCUT2D eigenvalue weighted by atomic mass is 16.6. The average Bonchev–Trinajstić information content (AvgIpc) is 3.46. The molecular formula is C74H120O6. The van der Waals surface area contributed by atoms with Crippen LogP contribution in [0.25, 0.3) is 0 Å². The molecule has 0 N–H and O–H groups in total. The summed E-state index contributed by atoms with van der Waals surface area (Å²) in [6, 6.07) is 0. The Balaban J connectivity index is 4.31. The third-order valence-electron chi connectivity index (χ3n) is 13.6. The molecule has 0 aliphatic heterocycles. The number of rotatable bonds is 58. The van der Waals surface area contributed by atoms with E-state index in [-0.39, 0.29) is 31.1 Å². The fraction of sp³-hybridized carbons (Fsp3) is 0.635. The van der Waals surface area contributed by atoms with Crippen LogP contribution in [0.1, 0.15) is 284 Å². The Hall–Kier alpha value is -4.71. The lowest BCUT2D eigenvalue weighted by atomic mass is 10.1. The van der Waals surface area contributed by atoms with E-state index in [0.717, 1.165) is 161 Å². The van der Waals surface area contributed by atoms with Gasteiger partial charge >= 0.3 is 17.9 Å². The van der Waals surface area contributed by atoms with Crippen molar-refractivity contribution in [2.45, 2.75) is 290 Å². The summed E-state index contributed by atoms with van der Waals surface area (Å²) in [6.07, 6.45) is 95.7. The molecule has 0 heterocycles. The van der Waals surface area contributed by atoms with Crippen molar-refractivity contribution in [3.8, 4) is 0 Å². The van der Waals surface area contributed by atoms with E-state index in [2.05, 4.69) is 167 Å². The summed E-state index contributed by atoms with van der Waals surface area (Å²) in [5.74, 6) is -0.934. The minimum atomic E-state index is -0.800. The number of ether oxygens (including phenoxy) is 3. The molecule has 6 nitrogen and oxygen atoms in total. The number of carbonyl (C=O) groups is 3. The van der Waals surface area contributed by atoms with Crippen molar-refractivity contribution in [3.63, 3.8) is 0 Å². The zero-order valence-corrected chi connectivity index (χ0v) is 51.8. The van der Waals surface area contributed by atoms with Gasteiger partial charge in [0.2, 0.25) is 0 Å². The second-order valence-corrected chi connectivity index (χ2v) is 21.3. The van der Waals surface area contributed by atoms with Gasteiger partial charge in [-0.25, -0.2) is 0 Å². The minimum absolute atomic E-state index is 0.0936. The van der Waals surface area contributed by atoms with Crippen LogP contribution in [-0.4, -0.2) is 37.2 Å². The van der Waals surface area contributed by atoms with E-state index in [1.807, 2.05) is 0 Å². The van der Waals surface area contributed by atoms with Crippen LogP contribution in [0.3, 0.4) is 0 Å². The smallest absolute Gasteiger partial charge is 0.306 e. The molecule has 1 atom stereocenters. The van der Waals surface area contributed by atoms with Gasteiger partial charge in [-0.2, -0.15) is 0 Å². The lowest BCUT2D eigenvalue weighted by molar-refractivity contribution is -0.167. The molecule has 0 bridgehead atoms. The fourth-order valence-electron chi connectivity index (χ4n) is 8.68. The summed E-state index contributed by atoms with van der Waals surface area (Å²) in [4.78, 5) is 38.2. The molecule has 0 amide bonds. The Labute approximate surface area is 493 Å². The van der Waals surface area contributed by atoms with E-state index in [9.17, 15) is 14.4 Å². The van der Waals surface area contributed by atoms with Crippen molar-refractivity contribution >= 4 is 17.9 Å². The molecule has 0 aromatic heterocycles. The molecule has 0 saturated heterocycles. The molecular weight excluding hydrogens is 985 g/mol. The van der Waals surface area contributed by atoms with Crippen molar-refractivity contribution in [2.75, 3.05) is 13.2 Å². The van der Waals surface area contributed by atoms with E-state index < -0.39 is 6.10 Å². The van der Waals surface area contributed by atoms with Crippen LogP contribution in [0.15, 0.2) is 146 Å². The number of hydrogen-bond acceptors (Lipinski definition) is 6. The Bertz CT molecular complexity index is 1750. The normalized spacial score (nSPS) is 13.1. The largest absolute Gasteiger partial charge is 0.462 e. The van der Waals surface area contributed by atoms with Crippen LogP contribution in [0.2, 0.25) is 0 Å². The van der Waals surface area contributed by atoms with E-state index >= 15 is 0 Å². The molecule has 0 rings (SSSR count). The van der Waals surface area contributed by atoms with Gasteiger partial charge in [-0.05, 0) is 128 Å². The van der Waals surface area contributed by atoms with Gasteiger partial charge in [0, 0.05) is 19.3 Å². The second-order valence-electron chi connectivity index (χ2n) is 21.3. The Morgan fingerprint density at radius 2 is 0.487 bits per heavy atom. The first kappa shape index (κ1) is 75.3. The number of carbonyl (C=O) groups excluding carboxylic acids is 3. The molecule has 452 valence electrons. The molecule has 0 fully saturated rings. The fourth-order valence-corrected chi connectivity index (χ4v) is 8.68. The van der Waals surface area contributed by atoms with E-state index in [1.54, 1.807) is 0 Å². The van der Waals surface area contributed by atoms with Gasteiger partial charge in [-0.1, -0.05) is 282 Å². The zero-order chi connectivity index (χ0) is 57.8. The summed E-state index contributed by atoms with van der Waals surface area (Å²) in [5, 5.41) is 0. The second kappa shape index (κ2) is 66.8. The zero-order valence-electron chi connectivity index (χ0n) is 51.8. The monoisotopic (exact) mass is 1100 g/mol. The summed E-state index contributed by atoms with van der Waals surface area (Å²) in [6.45, 7) is 6.47. The summed E-state index contributed by atoms with van der Waals surface area (Å²) < 4.78 is 16.9. The van der Waals surface area contributed by atoms with Crippen molar-refractivity contribution in [1.29, 1.82) is 0 Å². The van der Waals surface area contributed by atoms with E-state index in [1.165, 1.54) is 83.5 Å². The van der Waals surface area contributed by atoms with Crippen LogP contribution in [-0.2, 0) is 28.6 Å². The van der Waals surface area contributed by atoms with Gasteiger partial charge < -0.3 is 14.2 Å².